The second kappa shape index (κ2) is 9.63. The first-order valence-electron chi connectivity index (χ1n) is 12.8. The predicted molar refractivity (Wildman–Crippen MR) is 152 cm³/mol. The number of aryl methyl sites for hydroxylation is 4. The van der Waals surface area contributed by atoms with E-state index in [0.29, 0.717) is 0 Å². The number of aromatic nitrogens is 6. The Bertz CT molecular complexity index is 1620. The summed E-state index contributed by atoms with van der Waals surface area (Å²) in [5.74, 6) is 0. The Morgan fingerprint density at radius 3 is 1.42 bits per heavy atom. The fourth-order valence-corrected chi connectivity index (χ4v) is 4.83. The lowest BCUT2D eigenvalue weighted by Crippen LogP contribution is -2.35. The molecule has 38 heavy (non-hydrogen) atoms. The zero-order chi connectivity index (χ0) is 26.2. The molecule has 0 fully saturated rings. The van der Waals surface area contributed by atoms with Gasteiger partial charge in [0.25, 0.3) is 0 Å². The molecule has 8 nitrogen and oxygen atoms in total. The van der Waals surface area contributed by atoms with Crippen LogP contribution in [0, 0.1) is 27.7 Å². The lowest BCUT2D eigenvalue weighted by atomic mass is 10.1. The minimum atomic E-state index is -0.409. The fourth-order valence-electron chi connectivity index (χ4n) is 4.83. The fraction of sp³-hybridized carbons (Fsp3) is 0.200. The molecule has 6 aromatic rings. The summed E-state index contributed by atoms with van der Waals surface area (Å²) in [5, 5.41) is 25.8. The van der Waals surface area contributed by atoms with Crippen LogP contribution in [0.1, 0.15) is 34.6 Å². The van der Waals surface area contributed by atoms with Gasteiger partial charge < -0.3 is 10.6 Å². The number of hydrogen-bond donors (Lipinski definition) is 2. The van der Waals surface area contributed by atoms with Gasteiger partial charge in [0.1, 0.15) is 11.0 Å². The molecular weight excluding hydrogens is 472 g/mol. The average Bonchev–Trinajstić information content (AvgIpc) is 3.54. The van der Waals surface area contributed by atoms with E-state index in [1.165, 1.54) is 11.1 Å². The van der Waals surface area contributed by atoms with Crippen molar-refractivity contribution in [3.8, 4) is 0 Å². The van der Waals surface area contributed by atoms with E-state index in [1.54, 1.807) is 0 Å². The molecule has 0 radical (unpaired) electrons. The second-order valence-electron chi connectivity index (χ2n) is 9.86. The van der Waals surface area contributed by atoms with Crippen molar-refractivity contribution >= 4 is 33.4 Å². The Morgan fingerprint density at radius 2 is 0.974 bits per heavy atom. The number of nitrogens with zero attached hydrogens (tertiary/aromatic N) is 6. The monoisotopic (exact) mass is 502 g/mol. The van der Waals surface area contributed by atoms with Crippen molar-refractivity contribution in [3.63, 3.8) is 0 Å². The van der Waals surface area contributed by atoms with Gasteiger partial charge in [-0.25, -0.2) is 9.36 Å². The normalized spacial score (nSPS) is 13.1. The molecular formula is C30H30N8. The summed E-state index contributed by atoms with van der Waals surface area (Å²) in [5.41, 5.74) is 10.2. The quantitative estimate of drug-likeness (QED) is 0.265. The van der Waals surface area contributed by atoms with Crippen molar-refractivity contribution < 1.29 is 0 Å². The highest BCUT2D eigenvalue weighted by Gasteiger charge is 2.31. The minimum Gasteiger partial charge on any atom is -0.360 e. The Hall–Kier alpha value is -4.72. The smallest absolute Gasteiger partial charge is 0.164 e. The van der Waals surface area contributed by atoms with Crippen LogP contribution in [0.25, 0.3) is 22.1 Å². The maximum Gasteiger partial charge on any atom is 0.164 e. The molecule has 0 aliphatic carbocycles. The van der Waals surface area contributed by atoms with Crippen LogP contribution in [0.5, 0.6) is 0 Å². The van der Waals surface area contributed by atoms with Crippen molar-refractivity contribution in [1.29, 1.82) is 0 Å². The first kappa shape index (κ1) is 23.7. The van der Waals surface area contributed by atoms with Gasteiger partial charge in [0.2, 0.25) is 0 Å². The van der Waals surface area contributed by atoms with Crippen LogP contribution in [-0.4, -0.2) is 30.0 Å². The summed E-state index contributed by atoms with van der Waals surface area (Å²) in [6.45, 7) is 8.41. The van der Waals surface area contributed by atoms with E-state index in [-0.39, 0.29) is 0 Å². The number of hydrogen-bond acceptors (Lipinski definition) is 6. The summed E-state index contributed by atoms with van der Waals surface area (Å²) in [7, 11) is 0. The van der Waals surface area contributed by atoms with Crippen LogP contribution in [0.15, 0.2) is 84.9 Å². The zero-order valence-corrected chi connectivity index (χ0v) is 21.9. The van der Waals surface area contributed by atoms with E-state index >= 15 is 0 Å². The number of para-hydroxylation sites is 2. The lowest BCUT2D eigenvalue weighted by molar-refractivity contribution is 0.346. The third-order valence-electron chi connectivity index (χ3n) is 6.97. The molecule has 0 saturated heterocycles. The Balaban J connectivity index is 1.58. The topological polar surface area (TPSA) is 85.5 Å². The summed E-state index contributed by atoms with van der Waals surface area (Å²) >= 11 is 0. The van der Waals surface area contributed by atoms with E-state index in [2.05, 4.69) is 95.4 Å². The van der Waals surface area contributed by atoms with Crippen molar-refractivity contribution in [2.45, 2.75) is 40.0 Å². The number of anilines is 2. The molecule has 190 valence electrons. The highest BCUT2D eigenvalue weighted by atomic mass is 15.5. The largest absolute Gasteiger partial charge is 0.360 e. The summed E-state index contributed by atoms with van der Waals surface area (Å²) in [6.07, 6.45) is -0.819. The minimum absolute atomic E-state index is 0.409. The van der Waals surface area contributed by atoms with Gasteiger partial charge in [-0.05, 0) is 86.3 Å². The molecule has 2 aromatic heterocycles. The Labute approximate surface area is 221 Å². The molecule has 6 rings (SSSR count). The first-order valence-corrected chi connectivity index (χ1v) is 12.8. The van der Waals surface area contributed by atoms with Crippen LogP contribution < -0.4 is 10.6 Å². The highest BCUT2D eigenvalue weighted by molar-refractivity contribution is 5.75. The van der Waals surface area contributed by atoms with Gasteiger partial charge in [0, 0.05) is 11.4 Å². The average molecular weight is 503 g/mol. The first-order chi connectivity index (χ1) is 18.5. The third kappa shape index (κ3) is 4.34. The lowest BCUT2D eigenvalue weighted by Gasteiger charge is -2.32. The molecule has 0 aliphatic rings. The SMILES string of the molecule is Cc1ccc(C)c(N[C@H]([C@@H](Nc2cc(C)ccc2C)n2nnc3ccccc32)n2nnc3ccccc32)c1. The van der Waals surface area contributed by atoms with Crippen molar-refractivity contribution in [2.24, 2.45) is 0 Å². The van der Waals surface area contributed by atoms with Crippen molar-refractivity contribution in [1.82, 2.24) is 30.0 Å². The Kier molecular flexibility index (Phi) is 5.99. The van der Waals surface area contributed by atoms with Crippen LogP contribution in [0.3, 0.4) is 0 Å². The van der Waals surface area contributed by atoms with Crippen LogP contribution in [-0.2, 0) is 0 Å². The van der Waals surface area contributed by atoms with Gasteiger partial charge in [-0.3, -0.25) is 0 Å². The molecule has 0 bridgehead atoms. The van der Waals surface area contributed by atoms with Crippen LogP contribution in [0.4, 0.5) is 11.4 Å². The summed E-state index contributed by atoms with van der Waals surface area (Å²) in [4.78, 5) is 0. The molecule has 2 atom stereocenters. The van der Waals surface area contributed by atoms with Gasteiger partial charge in [0.15, 0.2) is 12.3 Å². The standard InChI is InChI=1S/C30H30N8/c1-19-13-15-21(3)25(17-19)31-29(37-27-11-7-5-9-23(27)33-35-37)30(32-26-18-20(2)14-16-22(26)4)38-28-12-8-6-10-24(28)34-36-38/h5-18,29-32H,1-4H3/t29-,30-/m0/s1. The van der Waals surface area contributed by atoms with Gasteiger partial charge in [-0.15, -0.1) is 10.2 Å². The van der Waals surface area contributed by atoms with Gasteiger partial charge in [0.05, 0.1) is 11.0 Å². The molecule has 2 heterocycles. The molecule has 0 amide bonds. The number of fused-ring (bicyclic) bond motifs is 2. The van der Waals surface area contributed by atoms with E-state index in [9.17, 15) is 0 Å². The maximum absolute atomic E-state index is 4.64. The zero-order valence-electron chi connectivity index (χ0n) is 21.9. The molecule has 0 spiro atoms. The maximum atomic E-state index is 4.64. The summed E-state index contributed by atoms with van der Waals surface area (Å²) < 4.78 is 3.88. The predicted octanol–water partition coefficient (Wildman–Crippen LogP) is 6.33. The van der Waals surface area contributed by atoms with Crippen molar-refractivity contribution in [2.75, 3.05) is 10.6 Å². The van der Waals surface area contributed by atoms with E-state index in [1.807, 2.05) is 57.9 Å². The van der Waals surface area contributed by atoms with Crippen molar-refractivity contribution in [3.05, 3.63) is 107 Å². The molecule has 4 aromatic carbocycles. The molecule has 0 unspecified atom stereocenters. The van der Waals surface area contributed by atoms with Crippen LogP contribution >= 0.6 is 0 Å². The molecule has 8 heteroatoms. The molecule has 2 N–H and O–H groups in total. The number of benzene rings is 4. The Morgan fingerprint density at radius 1 is 0.553 bits per heavy atom. The second-order valence-corrected chi connectivity index (χ2v) is 9.86. The van der Waals surface area contributed by atoms with Crippen LogP contribution in [0.2, 0.25) is 0 Å². The molecule has 0 aliphatic heterocycles. The van der Waals surface area contributed by atoms with E-state index < -0.39 is 12.3 Å². The number of nitrogens with one attached hydrogen (secondary N) is 2. The summed E-state index contributed by atoms with van der Waals surface area (Å²) in [6, 6.07) is 28.8. The number of rotatable bonds is 7. The van der Waals surface area contributed by atoms with Gasteiger partial charge in [-0.1, -0.05) is 59.0 Å². The van der Waals surface area contributed by atoms with Gasteiger partial charge >= 0.3 is 0 Å². The van der Waals surface area contributed by atoms with E-state index in [4.69, 9.17) is 0 Å². The van der Waals surface area contributed by atoms with E-state index in [0.717, 1.165) is 44.6 Å². The third-order valence-corrected chi connectivity index (χ3v) is 6.97. The van der Waals surface area contributed by atoms with Gasteiger partial charge in [-0.2, -0.15) is 0 Å². The highest BCUT2D eigenvalue weighted by Crippen LogP contribution is 2.33. The molecule has 0 saturated carbocycles.